The molecule has 0 bridgehead atoms. The molecule has 0 spiro atoms. The first-order valence-electron chi connectivity index (χ1n) is 8.33. The minimum atomic E-state index is -3.41. The van der Waals surface area contributed by atoms with Crippen LogP contribution >= 0.6 is 0 Å². The lowest BCUT2D eigenvalue weighted by atomic mass is 10.1. The van der Waals surface area contributed by atoms with Crippen LogP contribution < -0.4 is 5.32 Å². The molecule has 1 amide bonds. The van der Waals surface area contributed by atoms with Crippen molar-refractivity contribution in [3.8, 4) is 0 Å². The Morgan fingerprint density at radius 3 is 2.62 bits per heavy atom. The van der Waals surface area contributed by atoms with Crippen molar-refractivity contribution < 1.29 is 13.2 Å². The molecule has 1 aliphatic carbocycles. The van der Waals surface area contributed by atoms with Crippen molar-refractivity contribution in [2.24, 2.45) is 0 Å². The van der Waals surface area contributed by atoms with Crippen molar-refractivity contribution in [2.75, 3.05) is 6.54 Å². The maximum Gasteiger partial charge on any atom is 0.240 e. The number of H-pyrrole nitrogens is 1. The van der Waals surface area contributed by atoms with Crippen molar-refractivity contribution in [1.82, 2.24) is 10.3 Å². The summed E-state index contributed by atoms with van der Waals surface area (Å²) in [4.78, 5) is 15.8. The van der Waals surface area contributed by atoms with E-state index < -0.39 is 20.5 Å². The van der Waals surface area contributed by atoms with Crippen LogP contribution in [0.5, 0.6) is 0 Å². The van der Waals surface area contributed by atoms with Gasteiger partial charge in [-0.25, -0.2) is 8.42 Å². The molecule has 1 aliphatic rings. The van der Waals surface area contributed by atoms with Gasteiger partial charge in [-0.1, -0.05) is 18.2 Å². The quantitative estimate of drug-likeness (QED) is 0.842. The Hall–Kier alpha value is -1.82. The van der Waals surface area contributed by atoms with Crippen molar-refractivity contribution in [2.45, 2.75) is 50.0 Å². The predicted molar refractivity (Wildman–Crippen MR) is 95.8 cm³/mol. The maximum absolute atomic E-state index is 12.4. The number of carbonyl (C=O) groups excluding carboxylic acids is 1. The molecule has 0 saturated heterocycles. The van der Waals surface area contributed by atoms with Gasteiger partial charge in [-0.2, -0.15) is 0 Å². The lowest BCUT2D eigenvalue weighted by Gasteiger charge is -2.23. The number of fused-ring (bicyclic) bond motifs is 1. The Kier molecular flexibility index (Phi) is 4.20. The van der Waals surface area contributed by atoms with Gasteiger partial charge in [0.25, 0.3) is 0 Å². The van der Waals surface area contributed by atoms with Crippen LogP contribution in [0.3, 0.4) is 0 Å². The number of hydrogen-bond donors (Lipinski definition) is 2. The number of aromatic amines is 1. The Bertz CT molecular complexity index is 877. The third-order valence-electron chi connectivity index (χ3n) is 4.91. The third-order valence-corrected chi connectivity index (χ3v) is 7.87. The number of carbonyl (C=O) groups is 1. The van der Waals surface area contributed by atoms with Gasteiger partial charge < -0.3 is 10.3 Å². The molecule has 1 aromatic carbocycles. The highest BCUT2D eigenvalue weighted by Crippen LogP contribution is 2.36. The van der Waals surface area contributed by atoms with Crippen molar-refractivity contribution >= 4 is 26.6 Å². The van der Waals surface area contributed by atoms with Crippen LogP contribution in [0.25, 0.3) is 10.9 Å². The Balaban J connectivity index is 1.67. The van der Waals surface area contributed by atoms with E-state index in [4.69, 9.17) is 0 Å². The Morgan fingerprint density at radius 2 is 1.96 bits per heavy atom. The molecule has 2 N–H and O–H groups in total. The number of sulfone groups is 1. The SMILES string of the molecule is Cc1[nH]c2ccccc2c1CCNC(=O)C(C)(C)S(=O)(=O)C1CC1. The molecule has 6 heteroatoms. The standard InChI is InChI=1S/C18H24N2O3S/c1-12-14(15-6-4-5-7-16(15)20-12)10-11-19-17(21)18(2,3)24(22,23)13-8-9-13/h4-7,13,20H,8-11H2,1-3H3,(H,19,21). The van der Waals surface area contributed by atoms with E-state index in [9.17, 15) is 13.2 Å². The average Bonchev–Trinajstić information content (AvgIpc) is 3.33. The summed E-state index contributed by atoms with van der Waals surface area (Å²) in [6, 6.07) is 8.05. The first-order valence-corrected chi connectivity index (χ1v) is 9.87. The van der Waals surface area contributed by atoms with Crippen LogP contribution in [0.2, 0.25) is 0 Å². The van der Waals surface area contributed by atoms with E-state index in [1.807, 2.05) is 25.1 Å². The molecule has 1 fully saturated rings. The minimum Gasteiger partial charge on any atom is -0.358 e. The van der Waals surface area contributed by atoms with Crippen LogP contribution in [0.1, 0.15) is 37.9 Å². The number of aryl methyl sites for hydroxylation is 1. The van der Waals surface area contributed by atoms with Crippen LogP contribution in [0, 0.1) is 6.92 Å². The molecule has 3 rings (SSSR count). The summed E-state index contributed by atoms with van der Waals surface area (Å²) in [5.74, 6) is -0.410. The molecule has 0 unspecified atom stereocenters. The van der Waals surface area contributed by atoms with Gasteiger partial charge in [0.15, 0.2) is 9.84 Å². The van der Waals surface area contributed by atoms with Gasteiger partial charge in [0.1, 0.15) is 4.75 Å². The van der Waals surface area contributed by atoms with Crippen LogP contribution in [0.15, 0.2) is 24.3 Å². The molecule has 24 heavy (non-hydrogen) atoms. The molecule has 1 saturated carbocycles. The topological polar surface area (TPSA) is 79.0 Å². The first-order chi connectivity index (χ1) is 11.2. The highest BCUT2D eigenvalue weighted by Gasteiger charge is 2.50. The minimum absolute atomic E-state index is 0.339. The summed E-state index contributed by atoms with van der Waals surface area (Å²) in [5, 5.41) is 3.62. The second-order valence-electron chi connectivity index (χ2n) is 7.03. The van der Waals surface area contributed by atoms with E-state index in [0.29, 0.717) is 25.8 Å². The molecular formula is C18H24N2O3S. The Morgan fingerprint density at radius 1 is 1.29 bits per heavy atom. The summed E-state index contributed by atoms with van der Waals surface area (Å²) >= 11 is 0. The molecule has 2 aromatic rings. The highest BCUT2D eigenvalue weighted by atomic mass is 32.2. The molecule has 5 nitrogen and oxygen atoms in total. The van der Waals surface area contributed by atoms with Gasteiger partial charge in [0, 0.05) is 23.1 Å². The fourth-order valence-electron chi connectivity index (χ4n) is 3.09. The monoisotopic (exact) mass is 348 g/mol. The molecule has 1 aromatic heterocycles. The molecule has 1 heterocycles. The smallest absolute Gasteiger partial charge is 0.240 e. The summed E-state index contributed by atoms with van der Waals surface area (Å²) in [7, 11) is -3.41. The molecule has 0 atom stereocenters. The van der Waals surface area contributed by atoms with E-state index in [1.54, 1.807) is 0 Å². The molecular weight excluding hydrogens is 324 g/mol. The second kappa shape index (κ2) is 5.92. The Labute approximate surface area is 142 Å². The van der Waals surface area contributed by atoms with Gasteiger partial charge in [0.05, 0.1) is 5.25 Å². The largest absolute Gasteiger partial charge is 0.358 e. The highest BCUT2D eigenvalue weighted by molar-refractivity contribution is 7.94. The number of nitrogens with one attached hydrogen (secondary N) is 2. The second-order valence-corrected chi connectivity index (χ2v) is 9.81. The van der Waals surface area contributed by atoms with Crippen LogP contribution in [0.4, 0.5) is 0 Å². The van der Waals surface area contributed by atoms with Crippen molar-refractivity contribution in [3.63, 3.8) is 0 Å². The number of para-hydroxylation sites is 1. The summed E-state index contributed by atoms with van der Waals surface area (Å²) in [6.07, 6.45) is 2.02. The van der Waals surface area contributed by atoms with Gasteiger partial charge >= 0.3 is 0 Å². The third kappa shape index (κ3) is 2.83. The number of hydrogen-bond acceptors (Lipinski definition) is 3. The van der Waals surface area contributed by atoms with E-state index in [1.165, 1.54) is 13.8 Å². The van der Waals surface area contributed by atoms with E-state index >= 15 is 0 Å². The van der Waals surface area contributed by atoms with Crippen molar-refractivity contribution in [1.29, 1.82) is 0 Å². The van der Waals surface area contributed by atoms with Crippen LogP contribution in [-0.4, -0.2) is 35.9 Å². The number of amides is 1. The van der Waals surface area contributed by atoms with Crippen molar-refractivity contribution in [3.05, 3.63) is 35.5 Å². The van der Waals surface area contributed by atoms with Gasteiger partial charge in [-0.3, -0.25) is 4.79 Å². The lowest BCUT2D eigenvalue weighted by Crippen LogP contribution is -2.49. The zero-order valence-electron chi connectivity index (χ0n) is 14.3. The predicted octanol–water partition coefficient (Wildman–Crippen LogP) is 2.49. The summed E-state index contributed by atoms with van der Waals surface area (Å²) in [6.45, 7) is 5.45. The van der Waals surface area contributed by atoms with Gasteiger partial charge in [-0.05, 0) is 51.7 Å². The molecule has 130 valence electrons. The zero-order valence-corrected chi connectivity index (χ0v) is 15.2. The fourth-order valence-corrected chi connectivity index (χ4v) is 5.02. The van der Waals surface area contributed by atoms with E-state index in [-0.39, 0.29) is 5.25 Å². The normalized spacial score (nSPS) is 15.6. The number of aromatic nitrogens is 1. The summed E-state index contributed by atoms with van der Waals surface area (Å²) in [5.41, 5.74) is 3.32. The van der Waals surface area contributed by atoms with Crippen LogP contribution in [-0.2, 0) is 21.1 Å². The van der Waals surface area contributed by atoms with E-state index in [2.05, 4.69) is 16.4 Å². The lowest BCUT2D eigenvalue weighted by molar-refractivity contribution is -0.122. The fraction of sp³-hybridized carbons (Fsp3) is 0.500. The summed E-state index contributed by atoms with van der Waals surface area (Å²) < 4.78 is 23.5. The van der Waals surface area contributed by atoms with E-state index in [0.717, 1.165) is 22.2 Å². The average molecular weight is 348 g/mol. The number of rotatable bonds is 6. The first kappa shape index (κ1) is 17.0. The van der Waals surface area contributed by atoms with Gasteiger partial charge in [-0.15, -0.1) is 0 Å². The molecule has 0 aliphatic heterocycles. The molecule has 0 radical (unpaired) electrons. The number of benzene rings is 1. The van der Waals surface area contributed by atoms with Gasteiger partial charge in [0.2, 0.25) is 5.91 Å². The zero-order chi connectivity index (χ0) is 17.5. The maximum atomic E-state index is 12.4.